The zero-order valence-corrected chi connectivity index (χ0v) is 10.7. The highest BCUT2D eigenvalue weighted by atomic mass is 16.5. The van der Waals surface area contributed by atoms with Crippen LogP contribution in [0, 0.1) is 0 Å². The number of amides is 1. The maximum Gasteiger partial charge on any atom is 0.246 e. The Balaban J connectivity index is 2.14. The van der Waals surface area contributed by atoms with Crippen molar-refractivity contribution in [3.63, 3.8) is 0 Å². The van der Waals surface area contributed by atoms with Crippen LogP contribution < -0.4 is 10.6 Å². The first-order valence-corrected chi connectivity index (χ1v) is 6.52. The summed E-state index contributed by atoms with van der Waals surface area (Å²) in [5, 5.41) is 5.78. The van der Waals surface area contributed by atoms with Crippen molar-refractivity contribution < 1.29 is 9.53 Å². The van der Waals surface area contributed by atoms with Gasteiger partial charge in [0.1, 0.15) is 6.61 Å². The lowest BCUT2D eigenvalue weighted by atomic mass is 10.0. The van der Waals surface area contributed by atoms with E-state index in [1.54, 1.807) is 0 Å². The maximum absolute atomic E-state index is 11.4. The second kappa shape index (κ2) is 9.19. The van der Waals surface area contributed by atoms with Gasteiger partial charge in [-0.3, -0.25) is 4.79 Å². The lowest BCUT2D eigenvalue weighted by Crippen LogP contribution is -2.34. The van der Waals surface area contributed by atoms with Crippen molar-refractivity contribution in [3.8, 4) is 0 Å². The number of likely N-dealkylation sites (N-methyl/N-ethyl adjacent to an activating group) is 1. The highest BCUT2D eigenvalue weighted by Crippen LogP contribution is 2.13. The minimum absolute atomic E-state index is 0.0318. The minimum Gasteiger partial charge on any atom is -0.364 e. The molecule has 0 aliphatic heterocycles. The van der Waals surface area contributed by atoms with E-state index in [-0.39, 0.29) is 18.6 Å². The van der Waals surface area contributed by atoms with Crippen LogP contribution in [-0.2, 0) is 9.53 Å². The van der Waals surface area contributed by atoms with Crippen LogP contribution in [0.3, 0.4) is 0 Å². The van der Waals surface area contributed by atoms with E-state index in [0.717, 1.165) is 19.4 Å². The fourth-order valence-electron chi connectivity index (χ4n) is 1.83. The summed E-state index contributed by atoms with van der Waals surface area (Å²) in [6.07, 6.45) is 10.3. The Morgan fingerprint density at radius 3 is 3.06 bits per heavy atom. The summed E-state index contributed by atoms with van der Waals surface area (Å²) in [7, 11) is 1.86. The van der Waals surface area contributed by atoms with Gasteiger partial charge in [-0.1, -0.05) is 25.0 Å². The van der Waals surface area contributed by atoms with E-state index in [2.05, 4.69) is 22.8 Å². The molecule has 1 aliphatic carbocycles. The molecule has 0 radical (unpaired) electrons. The van der Waals surface area contributed by atoms with Gasteiger partial charge in [0.2, 0.25) is 5.91 Å². The van der Waals surface area contributed by atoms with Gasteiger partial charge in [-0.25, -0.2) is 0 Å². The van der Waals surface area contributed by atoms with Crippen molar-refractivity contribution in [2.75, 3.05) is 26.7 Å². The van der Waals surface area contributed by atoms with Crippen molar-refractivity contribution in [2.24, 2.45) is 0 Å². The summed E-state index contributed by atoms with van der Waals surface area (Å²) in [5.74, 6) is -0.0318. The fraction of sp³-hybridized carbons (Fsp3) is 0.769. The Bertz CT molecular complexity index is 242. The van der Waals surface area contributed by atoms with E-state index in [9.17, 15) is 4.79 Å². The first kappa shape index (κ1) is 14.2. The molecule has 2 N–H and O–H groups in total. The number of carbonyl (C=O) groups is 1. The van der Waals surface area contributed by atoms with Gasteiger partial charge >= 0.3 is 0 Å². The molecule has 1 aliphatic rings. The molecule has 0 aromatic carbocycles. The van der Waals surface area contributed by atoms with Crippen LogP contribution in [0.15, 0.2) is 12.2 Å². The molecular weight excluding hydrogens is 216 g/mol. The zero-order chi connectivity index (χ0) is 12.3. The Morgan fingerprint density at radius 1 is 1.35 bits per heavy atom. The average Bonchev–Trinajstić information content (AvgIpc) is 2.28. The van der Waals surface area contributed by atoms with E-state index < -0.39 is 0 Å². The van der Waals surface area contributed by atoms with Crippen LogP contribution in [0.2, 0.25) is 0 Å². The Labute approximate surface area is 104 Å². The molecule has 1 rings (SSSR count). The third-order valence-electron chi connectivity index (χ3n) is 2.84. The third kappa shape index (κ3) is 7.13. The van der Waals surface area contributed by atoms with Crippen LogP contribution in [0.1, 0.15) is 32.1 Å². The lowest BCUT2D eigenvalue weighted by molar-refractivity contribution is -0.126. The van der Waals surface area contributed by atoms with Crippen molar-refractivity contribution >= 4 is 5.91 Å². The molecule has 1 atom stereocenters. The molecule has 0 saturated carbocycles. The monoisotopic (exact) mass is 240 g/mol. The van der Waals surface area contributed by atoms with E-state index >= 15 is 0 Å². The predicted octanol–water partition coefficient (Wildman–Crippen LogP) is 1.23. The molecule has 1 unspecified atom stereocenters. The van der Waals surface area contributed by atoms with Gasteiger partial charge in [-0.2, -0.15) is 0 Å². The quantitative estimate of drug-likeness (QED) is 0.542. The fourth-order valence-corrected chi connectivity index (χ4v) is 1.83. The molecular formula is C13H24N2O2. The summed E-state index contributed by atoms with van der Waals surface area (Å²) >= 11 is 0. The van der Waals surface area contributed by atoms with Gasteiger partial charge in [-0.15, -0.1) is 0 Å². The number of ether oxygens (including phenoxy) is 1. The number of allylic oxidation sites excluding steroid dienone is 1. The SMILES string of the molecule is CNCCNC(=O)COC1/C=C\CCCCC1. The van der Waals surface area contributed by atoms with Crippen molar-refractivity contribution in [1.29, 1.82) is 0 Å². The van der Waals surface area contributed by atoms with Crippen molar-refractivity contribution in [3.05, 3.63) is 12.2 Å². The van der Waals surface area contributed by atoms with Gasteiger partial charge in [0, 0.05) is 13.1 Å². The molecule has 0 saturated heterocycles. The van der Waals surface area contributed by atoms with E-state index in [4.69, 9.17) is 4.74 Å². The van der Waals surface area contributed by atoms with Crippen LogP contribution in [0.5, 0.6) is 0 Å². The highest BCUT2D eigenvalue weighted by molar-refractivity contribution is 5.77. The molecule has 17 heavy (non-hydrogen) atoms. The smallest absolute Gasteiger partial charge is 0.246 e. The molecule has 0 bridgehead atoms. The summed E-state index contributed by atoms with van der Waals surface area (Å²) in [5.41, 5.74) is 0. The molecule has 1 amide bonds. The van der Waals surface area contributed by atoms with Gasteiger partial charge in [-0.05, 0) is 26.3 Å². The first-order chi connectivity index (χ1) is 8.33. The largest absolute Gasteiger partial charge is 0.364 e. The van der Waals surface area contributed by atoms with Gasteiger partial charge in [0.15, 0.2) is 0 Å². The summed E-state index contributed by atoms with van der Waals surface area (Å²) in [6.45, 7) is 1.60. The predicted molar refractivity (Wildman–Crippen MR) is 68.9 cm³/mol. The third-order valence-corrected chi connectivity index (χ3v) is 2.84. The van der Waals surface area contributed by atoms with E-state index in [1.807, 2.05) is 7.05 Å². The maximum atomic E-state index is 11.4. The number of nitrogens with one attached hydrogen (secondary N) is 2. The molecule has 0 heterocycles. The zero-order valence-electron chi connectivity index (χ0n) is 10.7. The molecule has 4 heteroatoms. The molecule has 0 aromatic heterocycles. The van der Waals surface area contributed by atoms with Crippen LogP contribution in [0.4, 0.5) is 0 Å². The van der Waals surface area contributed by atoms with Crippen molar-refractivity contribution in [2.45, 2.75) is 38.2 Å². The molecule has 98 valence electrons. The van der Waals surface area contributed by atoms with E-state index in [1.165, 1.54) is 19.3 Å². The second-order valence-corrected chi connectivity index (χ2v) is 4.37. The van der Waals surface area contributed by atoms with Gasteiger partial charge < -0.3 is 15.4 Å². The Hall–Kier alpha value is -0.870. The molecule has 0 aromatic rings. The number of hydrogen-bond donors (Lipinski definition) is 2. The Kier molecular flexibility index (Phi) is 7.67. The lowest BCUT2D eigenvalue weighted by Gasteiger charge is -2.15. The average molecular weight is 240 g/mol. The van der Waals surface area contributed by atoms with Gasteiger partial charge in [0.05, 0.1) is 6.10 Å². The summed E-state index contributed by atoms with van der Waals surface area (Å²) in [4.78, 5) is 11.4. The molecule has 0 spiro atoms. The summed E-state index contributed by atoms with van der Waals surface area (Å²) < 4.78 is 5.59. The normalized spacial score (nSPS) is 22.5. The van der Waals surface area contributed by atoms with Crippen LogP contribution in [0.25, 0.3) is 0 Å². The summed E-state index contributed by atoms with van der Waals surface area (Å²) in [6, 6.07) is 0. The van der Waals surface area contributed by atoms with Crippen LogP contribution >= 0.6 is 0 Å². The Morgan fingerprint density at radius 2 is 2.24 bits per heavy atom. The number of carbonyl (C=O) groups excluding carboxylic acids is 1. The molecule has 0 fully saturated rings. The number of hydrogen-bond acceptors (Lipinski definition) is 3. The van der Waals surface area contributed by atoms with Gasteiger partial charge in [0.25, 0.3) is 0 Å². The second-order valence-electron chi connectivity index (χ2n) is 4.37. The van der Waals surface area contributed by atoms with Crippen molar-refractivity contribution in [1.82, 2.24) is 10.6 Å². The standard InChI is InChI=1S/C13H24N2O2/c1-14-9-10-15-13(16)11-17-12-7-5-3-2-4-6-8-12/h5,7,12,14H,2-4,6,8-11H2,1H3,(H,15,16)/b7-5-. The molecule has 4 nitrogen and oxygen atoms in total. The highest BCUT2D eigenvalue weighted by Gasteiger charge is 2.09. The van der Waals surface area contributed by atoms with Crippen LogP contribution in [-0.4, -0.2) is 38.8 Å². The minimum atomic E-state index is -0.0318. The number of rotatable bonds is 6. The first-order valence-electron chi connectivity index (χ1n) is 6.52. The topological polar surface area (TPSA) is 50.4 Å². The van der Waals surface area contributed by atoms with E-state index in [0.29, 0.717) is 6.54 Å².